The maximum Gasteiger partial charge on any atom is -0.00149 e. The monoisotopic (exact) mass is 201 g/mol. The van der Waals surface area contributed by atoms with Crippen LogP contribution in [-0.4, -0.2) is 0 Å². The first-order valence-corrected chi connectivity index (χ1v) is 5.83. The van der Waals surface area contributed by atoms with Gasteiger partial charge in [0.2, 0.25) is 0 Å². The van der Waals surface area contributed by atoms with E-state index in [1.165, 1.54) is 16.7 Å². The van der Waals surface area contributed by atoms with Gasteiger partial charge in [0.15, 0.2) is 0 Å². The van der Waals surface area contributed by atoms with Gasteiger partial charge in [0, 0.05) is 0 Å². The first kappa shape index (κ1) is 9.47. The molecule has 0 aromatic rings. The fraction of sp³-hybridized carbons (Fsp3) is 0.231. The van der Waals surface area contributed by atoms with Crippen molar-refractivity contribution in [2.75, 3.05) is 0 Å². The molecular formula is C13H13S. The molecule has 0 spiro atoms. The van der Waals surface area contributed by atoms with Crippen molar-refractivity contribution in [1.29, 1.82) is 0 Å². The number of unbranched alkanes of at least 4 members (excludes halogenated alkanes) is 1. The topological polar surface area (TPSA) is 0 Å². The van der Waals surface area contributed by atoms with Gasteiger partial charge in [0.25, 0.3) is 0 Å². The summed E-state index contributed by atoms with van der Waals surface area (Å²) >= 11 is 1.75. The lowest BCUT2D eigenvalue weighted by Crippen LogP contribution is -1.83. The Morgan fingerprint density at radius 3 is 3.07 bits per heavy atom. The molecule has 1 aliphatic heterocycles. The number of aryl methyl sites for hydroxylation is 1. The molecule has 0 N–H and O–H groups in total. The minimum Gasteiger partial charge on any atom is -0.152 e. The molecule has 0 amide bonds. The number of hydrogen-bond donors (Lipinski definition) is 0. The van der Waals surface area contributed by atoms with Crippen molar-refractivity contribution < 1.29 is 0 Å². The molecule has 0 atom stereocenters. The summed E-state index contributed by atoms with van der Waals surface area (Å²) in [5.74, 6) is 0. The fourth-order valence-corrected chi connectivity index (χ4v) is 2.35. The van der Waals surface area contributed by atoms with Crippen LogP contribution in [-0.2, 0) is 6.42 Å². The number of hydrogen-bond acceptors (Lipinski definition) is 1. The van der Waals surface area contributed by atoms with Crippen molar-refractivity contribution in [1.82, 2.24) is 0 Å². The molecule has 1 heterocycles. The third-order valence-electron chi connectivity index (χ3n) is 2.45. The fourth-order valence-electron chi connectivity index (χ4n) is 1.71. The van der Waals surface area contributed by atoms with Gasteiger partial charge in [-0.1, -0.05) is 24.8 Å². The Kier molecular flexibility index (Phi) is 3.00. The molecule has 1 heteroatoms. The normalized spacial score (nSPS) is 10.6. The SMILES string of the molecule is [CH]=CCCCc1ccc2csccc1-2. The van der Waals surface area contributed by atoms with E-state index in [-0.39, 0.29) is 0 Å². The highest BCUT2D eigenvalue weighted by atomic mass is 32.1. The largest absolute Gasteiger partial charge is 0.152 e. The van der Waals surface area contributed by atoms with Crippen molar-refractivity contribution >= 4 is 11.3 Å². The number of allylic oxidation sites excluding steroid dienone is 1. The van der Waals surface area contributed by atoms with E-state index in [0.29, 0.717) is 0 Å². The highest BCUT2D eigenvalue weighted by Crippen LogP contribution is 2.29. The molecule has 0 nitrogen and oxygen atoms in total. The molecular weight excluding hydrogens is 188 g/mol. The van der Waals surface area contributed by atoms with Crippen LogP contribution in [0.4, 0.5) is 0 Å². The van der Waals surface area contributed by atoms with Crippen molar-refractivity contribution in [2.45, 2.75) is 19.3 Å². The van der Waals surface area contributed by atoms with Gasteiger partial charge in [-0.3, -0.25) is 0 Å². The number of fused-ring (bicyclic) bond motifs is 1. The zero-order valence-corrected chi connectivity index (χ0v) is 8.89. The van der Waals surface area contributed by atoms with Gasteiger partial charge in [0.05, 0.1) is 0 Å². The van der Waals surface area contributed by atoms with Crippen molar-refractivity contribution in [3.63, 3.8) is 0 Å². The quantitative estimate of drug-likeness (QED) is 0.651. The van der Waals surface area contributed by atoms with Crippen LogP contribution in [0.25, 0.3) is 11.1 Å². The molecule has 71 valence electrons. The van der Waals surface area contributed by atoms with Crippen molar-refractivity contribution in [3.05, 3.63) is 47.2 Å². The smallest absolute Gasteiger partial charge is 0.00149 e. The summed E-state index contributed by atoms with van der Waals surface area (Å²) in [6.07, 6.45) is 5.02. The predicted octanol–water partition coefficient (Wildman–Crippen LogP) is 4.16. The molecule has 1 aliphatic carbocycles. The lowest BCUT2D eigenvalue weighted by atomic mass is 10.1. The van der Waals surface area contributed by atoms with Gasteiger partial charge < -0.3 is 0 Å². The highest BCUT2D eigenvalue weighted by molar-refractivity contribution is 7.07. The van der Waals surface area contributed by atoms with Crippen molar-refractivity contribution in [3.8, 4) is 11.1 Å². The van der Waals surface area contributed by atoms with Crippen molar-refractivity contribution in [2.24, 2.45) is 0 Å². The van der Waals surface area contributed by atoms with Gasteiger partial charge in [-0.15, -0.1) is 0 Å². The molecule has 0 aromatic heterocycles. The number of rotatable bonds is 4. The molecule has 0 unspecified atom stereocenters. The predicted molar refractivity (Wildman–Crippen MR) is 62.7 cm³/mol. The van der Waals surface area contributed by atoms with Crippen LogP contribution in [0.3, 0.4) is 0 Å². The second kappa shape index (κ2) is 4.43. The lowest BCUT2D eigenvalue weighted by molar-refractivity contribution is 0.847. The van der Waals surface area contributed by atoms with Crippen LogP contribution >= 0.6 is 11.3 Å². The van der Waals surface area contributed by atoms with Gasteiger partial charge in [0.1, 0.15) is 0 Å². The first-order chi connectivity index (χ1) is 6.92. The molecule has 0 fully saturated rings. The Morgan fingerprint density at radius 1 is 1.29 bits per heavy atom. The van der Waals surface area contributed by atoms with E-state index in [9.17, 15) is 0 Å². The van der Waals surface area contributed by atoms with E-state index in [0.717, 1.165) is 19.3 Å². The minimum absolute atomic E-state index is 1.00. The van der Waals surface area contributed by atoms with Crippen LogP contribution in [0.15, 0.2) is 35.0 Å². The zero-order chi connectivity index (χ0) is 9.80. The van der Waals surface area contributed by atoms with E-state index in [1.54, 1.807) is 17.4 Å². The molecule has 0 saturated heterocycles. The zero-order valence-electron chi connectivity index (χ0n) is 8.07. The van der Waals surface area contributed by atoms with Gasteiger partial charge in [-0.2, -0.15) is 11.3 Å². The summed E-state index contributed by atoms with van der Waals surface area (Å²) < 4.78 is 0. The van der Waals surface area contributed by atoms with Crippen LogP contribution in [0.5, 0.6) is 0 Å². The summed E-state index contributed by atoms with van der Waals surface area (Å²) in [4.78, 5) is 0. The Hall–Kier alpha value is -1.08. The Morgan fingerprint density at radius 2 is 2.21 bits per heavy atom. The van der Waals surface area contributed by atoms with E-state index in [1.807, 2.05) is 0 Å². The summed E-state index contributed by atoms with van der Waals surface area (Å²) in [6.45, 7) is 5.36. The summed E-state index contributed by atoms with van der Waals surface area (Å²) in [5.41, 5.74) is 4.22. The third-order valence-corrected chi connectivity index (χ3v) is 3.13. The molecule has 0 bridgehead atoms. The molecule has 0 saturated carbocycles. The summed E-state index contributed by atoms with van der Waals surface area (Å²) in [7, 11) is 0. The second-order valence-corrected chi connectivity index (χ2v) is 4.19. The average Bonchev–Trinajstić information content (AvgIpc) is 2.63. The van der Waals surface area contributed by atoms with E-state index in [2.05, 4.69) is 29.0 Å². The Balaban J connectivity index is 2.14. The highest BCUT2D eigenvalue weighted by Gasteiger charge is 2.07. The van der Waals surface area contributed by atoms with Gasteiger partial charge in [-0.25, -0.2) is 0 Å². The van der Waals surface area contributed by atoms with Crippen LogP contribution in [0.2, 0.25) is 0 Å². The second-order valence-electron chi connectivity index (χ2n) is 3.41. The van der Waals surface area contributed by atoms with E-state index < -0.39 is 0 Å². The van der Waals surface area contributed by atoms with E-state index in [4.69, 9.17) is 6.58 Å². The maximum absolute atomic E-state index is 5.36. The van der Waals surface area contributed by atoms with Crippen LogP contribution in [0, 0.1) is 6.58 Å². The summed E-state index contributed by atoms with van der Waals surface area (Å²) in [6, 6.07) is 6.64. The summed E-state index contributed by atoms with van der Waals surface area (Å²) in [5, 5.41) is 4.34. The van der Waals surface area contributed by atoms with E-state index >= 15 is 0 Å². The van der Waals surface area contributed by atoms with Crippen LogP contribution in [0.1, 0.15) is 18.4 Å². The molecule has 2 rings (SSSR count). The molecule has 14 heavy (non-hydrogen) atoms. The lowest BCUT2D eigenvalue weighted by Gasteiger charge is -2.01. The molecule has 2 aliphatic rings. The third kappa shape index (κ3) is 1.88. The first-order valence-electron chi connectivity index (χ1n) is 4.89. The van der Waals surface area contributed by atoms with Gasteiger partial charge >= 0.3 is 0 Å². The minimum atomic E-state index is 1.00. The standard InChI is InChI=1S/C13H13S/c1-2-3-4-5-11-6-7-12-10-14-9-8-13(11)12/h1-2,6-10H,3-5H2. The maximum atomic E-state index is 5.36. The molecule has 0 aromatic carbocycles. The Labute approximate surface area is 89.2 Å². The van der Waals surface area contributed by atoms with Gasteiger partial charge in [-0.05, 0) is 52.8 Å². The van der Waals surface area contributed by atoms with Crippen LogP contribution < -0.4 is 0 Å². The Bertz CT molecular complexity index is 386. The molecule has 1 radical (unpaired) electrons. The average molecular weight is 201 g/mol.